The Morgan fingerprint density at radius 3 is 2.37 bits per heavy atom. The summed E-state index contributed by atoms with van der Waals surface area (Å²) in [5, 5.41) is 3.27. The molecule has 1 heterocycles. The second kappa shape index (κ2) is 5.06. The number of benzene rings is 2. The molecule has 0 aliphatic carbocycles. The highest BCUT2D eigenvalue weighted by atomic mass is 15.1. The topological polar surface area (TPSA) is 15.3 Å². The van der Waals surface area contributed by atoms with E-state index in [4.69, 9.17) is 0 Å². The van der Waals surface area contributed by atoms with Gasteiger partial charge >= 0.3 is 0 Å². The Labute approximate surface area is 115 Å². The molecule has 2 heteroatoms. The van der Waals surface area contributed by atoms with E-state index in [0.29, 0.717) is 0 Å². The lowest BCUT2D eigenvalue weighted by Gasteiger charge is -2.22. The van der Waals surface area contributed by atoms with Crippen molar-refractivity contribution in [3.05, 3.63) is 64.7 Å². The Balaban J connectivity index is 1.92. The maximum absolute atomic E-state index is 3.27. The fourth-order valence-electron chi connectivity index (χ4n) is 2.86. The maximum atomic E-state index is 3.27. The molecular weight excluding hydrogens is 232 g/mol. The number of hydrogen-bond donors (Lipinski definition) is 1. The summed E-state index contributed by atoms with van der Waals surface area (Å²) in [6.07, 6.45) is 0. The van der Waals surface area contributed by atoms with Crippen LogP contribution < -0.4 is 10.2 Å². The Morgan fingerprint density at radius 1 is 1.05 bits per heavy atom. The predicted octanol–water partition coefficient (Wildman–Crippen LogP) is 3.23. The lowest BCUT2D eigenvalue weighted by atomic mass is 10.1. The molecule has 0 bridgehead atoms. The Hall–Kier alpha value is -1.80. The van der Waals surface area contributed by atoms with Crippen molar-refractivity contribution < 1.29 is 0 Å². The molecule has 0 atom stereocenters. The third kappa shape index (κ3) is 2.36. The van der Waals surface area contributed by atoms with Crippen molar-refractivity contribution in [3.63, 3.8) is 0 Å². The van der Waals surface area contributed by atoms with Crippen molar-refractivity contribution >= 4 is 5.69 Å². The average molecular weight is 252 g/mol. The first-order valence-corrected chi connectivity index (χ1v) is 6.84. The van der Waals surface area contributed by atoms with Gasteiger partial charge in [-0.15, -0.1) is 0 Å². The summed E-state index contributed by atoms with van der Waals surface area (Å²) in [6.45, 7) is 5.12. The molecule has 0 saturated carbocycles. The van der Waals surface area contributed by atoms with Gasteiger partial charge < -0.3 is 10.2 Å². The van der Waals surface area contributed by atoms with Crippen molar-refractivity contribution in [2.24, 2.45) is 0 Å². The summed E-state index contributed by atoms with van der Waals surface area (Å²) < 4.78 is 0. The van der Waals surface area contributed by atoms with Crippen molar-refractivity contribution in [2.45, 2.75) is 26.6 Å². The molecule has 3 rings (SSSR count). The van der Waals surface area contributed by atoms with Crippen LogP contribution in [0.5, 0.6) is 0 Å². The molecule has 2 aromatic rings. The summed E-state index contributed by atoms with van der Waals surface area (Å²) >= 11 is 0. The summed E-state index contributed by atoms with van der Waals surface area (Å²) in [5.74, 6) is 0. The van der Waals surface area contributed by atoms with Crippen molar-refractivity contribution in [1.29, 1.82) is 0 Å². The van der Waals surface area contributed by atoms with Gasteiger partial charge in [0.15, 0.2) is 0 Å². The highest BCUT2D eigenvalue weighted by Gasteiger charge is 2.20. The molecule has 0 radical (unpaired) electrons. The molecular formula is C17H20N2. The van der Waals surface area contributed by atoms with Crippen LogP contribution in [0.15, 0.2) is 42.5 Å². The normalized spacial score (nSPS) is 13.7. The van der Waals surface area contributed by atoms with E-state index in [9.17, 15) is 0 Å². The summed E-state index contributed by atoms with van der Waals surface area (Å²) in [7, 11) is 2.00. The minimum atomic E-state index is 0.920. The zero-order valence-electron chi connectivity index (χ0n) is 11.6. The van der Waals surface area contributed by atoms with Gasteiger partial charge in [0.25, 0.3) is 0 Å². The van der Waals surface area contributed by atoms with E-state index in [0.717, 1.165) is 19.6 Å². The van der Waals surface area contributed by atoms with Gasteiger partial charge in [0, 0.05) is 25.3 Å². The van der Waals surface area contributed by atoms with E-state index >= 15 is 0 Å². The lowest BCUT2D eigenvalue weighted by molar-refractivity contribution is 0.796. The van der Waals surface area contributed by atoms with Crippen LogP contribution in [0.25, 0.3) is 0 Å². The molecule has 19 heavy (non-hydrogen) atoms. The van der Waals surface area contributed by atoms with Crippen LogP contribution in [0.1, 0.15) is 22.3 Å². The van der Waals surface area contributed by atoms with E-state index in [-0.39, 0.29) is 0 Å². The molecule has 2 aromatic carbocycles. The highest BCUT2D eigenvalue weighted by molar-refractivity contribution is 5.58. The third-order valence-corrected chi connectivity index (χ3v) is 3.78. The second-order valence-corrected chi connectivity index (χ2v) is 5.29. The van der Waals surface area contributed by atoms with E-state index in [2.05, 4.69) is 59.6 Å². The molecule has 1 aliphatic rings. The number of aryl methyl sites for hydroxylation is 1. The molecule has 1 N–H and O–H groups in total. The van der Waals surface area contributed by atoms with Gasteiger partial charge in [-0.1, -0.05) is 42.0 Å². The summed E-state index contributed by atoms with van der Waals surface area (Å²) in [5.41, 5.74) is 6.98. The predicted molar refractivity (Wildman–Crippen MR) is 80.3 cm³/mol. The molecule has 0 spiro atoms. The summed E-state index contributed by atoms with van der Waals surface area (Å²) in [6, 6.07) is 15.5. The smallest absolute Gasteiger partial charge is 0.0436 e. The van der Waals surface area contributed by atoms with Gasteiger partial charge in [-0.05, 0) is 36.7 Å². The molecule has 2 nitrogen and oxygen atoms in total. The molecule has 0 amide bonds. The van der Waals surface area contributed by atoms with Crippen LogP contribution in [0, 0.1) is 6.92 Å². The minimum absolute atomic E-state index is 0.920. The van der Waals surface area contributed by atoms with Crippen LogP contribution in [-0.4, -0.2) is 7.05 Å². The van der Waals surface area contributed by atoms with Gasteiger partial charge in [0.05, 0.1) is 0 Å². The van der Waals surface area contributed by atoms with Crippen LogP contribution in [0.2, 0.25) is 0 Å². The number of fused-ring (bicyclic) bond motifs is 1. The van der Waals surface area contributed by atoms with Crippen LogP contribution in [0.3, 0.4) is 0 Å². The number of nitrogens with zero attached hydrogens (tertiary/aromatic N) is 1. The maximum Gasteiger partial charge on any atom is 0.0436 e. The molecule has 0 aromatic heterocycles. The van der Waals surface area contributed by atoms with Gasteiger partial charge in [-0.25, -0.2) is 0 Å². The van der Waals surface area contributed by atoms with Crippen molar-refractivity contribution in [3.8, 4) is 0 Å². The standard InChI is InChI=1S/C17H20N2/c1-13-7-8-17(16(9-13)10-18-2)19-11-14-5-3-4-6-15(14)12-19/h3-9,18H,10-12H2,1-2H3. The average Bonchev–Trinajstić information content (AvgIpc) is 2.82. The fourth-order valence-corrected chi connectivity index (χ4v) is 2.86. The summed E-state index contributed by atoms with van der Waals surface area (Å²) in [4.78, 5) is 2.47. The highest BCUT2D eigenvalue weighted by Crippen LogP contribution is 2.31. The Bertz CT molecular complexity index is 565. The largest absolute Gasteiger partial charge is 0.363 e. The number of nitrogens with one attached hydrogen (secondary N) is 1. The van der Waals surface area contributed by atoms with E-state index in [1.807, 2.05) is 7.05 Å². The van der Waals surface area contributed by atoms with Crippen molar-refractivity contribution in [1.82, 2.24) is 5.32 Å². The lowest BCUT2D eigenvalue weighted by Crippen LogP contribution is -2.18. The van der Waals surface area contributed by atoms with Crippen molar-refractivity contribution in [2.75, 3.05) is 11.9 Å². The van der Waals surface area contributed by atoms with Crippen LogP contribution >= 0.6 is 0 Å². The Morgan fingerprint density at radius 2 is 1.74 bits per heavy atom. The molecule has 0 saturated heterocycles. The first kappa shape index (κ1) is 12.2. The van der Waals surface area contributed by atoms with Crippen LogP contribution in [-0.2, 0) is 19.6 Å². The quantitative estimate of drug-likeness (QED) is 0.902. The molecule has 98 valence electrons. The SMILES string of the molecule is CNCc1cc(C)ccc1N1Cc2ccccc2C1. The molecule has 0 fully saturated rings. The van der Waals surface area contributed by atoms with E-state index < -0.39 is 0 Å². The van der Waals surface area contributed by atoms with Gasteiger partial charge in [-0.3, -0.25) is 0 Å². The van der Waals surface area contributed by atoms with Gasteiger partial charge in [0.1, 0.15) is 0 Å². The second-order valence-electron chi connectivity index (χ2n) is 5.29. The van der Waals surface area contributed by atoms with Crippen LogP contribution in [0.4, 0.5) is 5.69 Å². The molecule has 0 unspecified atom stereocenters. The first-order valence-electron chi connectivity index (χ1n) is 6.84. The first-order chi connectivity index (χ1) is 9.28. The fraction of sp³-hybridized carbons (Fsp3) is 0.294. The number of rotatable bonds is 3. The minimum Gasteiger partial charge on any atom is -0.363 e. The van der Waals surface area contributed by atoms with E-state index in [1.54, 1.807) is 0 Å². The molecule has 1 aliphatic heterocycles. The Kier molecular flexibility index (Phi) is 3.26. The zero-order valence-corrected chi connectivity index (χ0v) is 11.6. The third-order valence-electron chi connectivity index (χ3n) is 3.78. The zero-order chi connectivity index (χ0) is 13.2. The number of anilines is 1. The van der Waals surface area contributed by atoms with Gasteiger partial charge in [-0.2, -0.15) is 0 Å². The number of hydrogen-bond acceptors (Lipinski definition) is 2. The van der Waals surface area contributed by atoms with Gasteiger partial charge in [0.2, 0.25) is 0 Å². The monoisotopic (exact) mass is 252 g/mol. The van der Waals surface area contributed by atoms with E-state index in [1.165, 1.54) is 27.9 Å².